The van der Waals surface area contributed by atoms with Crippen molar-refractivity contribution in [3.8, 4) is 28.4 Å². The molecule has 0 atom stereocenters. The molecule has 4 nitrogen and oxygen atoms in total. The van der Waals surface area contributed by atoms with Crippen LogP contribution in [0.1, 0.15) is 32.0 Å². The predicted molar refractivity (Wildman–Crippen MR) is 107 cm³/mol. The lowest BCUT2D eigenvalue weighted by atomic mass is 10.1. The van der Waals surface area contributed by atoms with Crippen LogP contribution in [0.2, 0.25) is 0 Å². The van der Waals surface area contributed by atoms with E-state index in [2.05, 4.69) is 51.7 Å². The van der Waals surface area contributed by atoms with Crippen LogP contribution < -0.4 is 26.4 Å². The summed E-state index contributed by atoms with van der Waals surface area (Å²) in [5.41, 5.74) is 3.60. The maximum atomic E-state index is 5.62. The summed E-state index contributed by atoms with van der Waals surface area (Å²) in [4.78, 5) is 0. The summed E-state index contributed by atoms with van der Waals surface area (Å²) < 4.78 is 15.8. The summed E-state index contributed by atoms with van der Waals surface area (Å²) in [6.07, 6.45) is 7.18. The molecule has 4 rings (SSSR count). The molecule has 0 bridgehead atoms. The summed E-state index contributed by atoms with van der Waals surface area (Å²) in [5.74, 6) is 3.17. The van der Waals surface area contributed by atoms with E-state index in [0.29, 0.717) is 6.61 Å². The highest BCUT2D eigenvalue weighted by molar-refractivity contribution is 5.62. The van der Waals surface area contributed by atoms with Gasteiger partial charge in [-0.05, 0) is 74.7 Å². The summed E-state index contributed by atoms with van der Waals surface area (Å²) in [7, 11) is 1.70. The number of halogens is 1. The Morgan fingerprint density at radius 1 is 0.929 bits per heavy atom. The first-order valence-corrected chi connectivity index (χ1v) is 9.82. The zero-order valence-corrected chi connectivity index (χ0v) is 17.3. The minimum absolute atomic E-state index is 0. The number of aryl methyl sites for hydroxylation is 1. The van der Waals surface area contributed by atoms with Gasteiger partial charge in [-0.2, -0.15) is 4.57 Å². The second kappa shape index (κ2) is 9.16. The van der Waals surface area contributed by atoms with E-state index < -0.39 is 0 Å². The lowest BCUT2D eigenvalue weighted by molar-refractivity contribution is -0.702. The second-order valence-electron chi connectivity index (χ2n) is 6.93. The van der Waals surface area contributed by atoms with Gasteiger partial charge in [-0.1, -0.05) is 0 Å². The van der Waals surface area contributed by atoms with Crippen molar-refractivity contribution in [2.75, 3.05) is 13.7 Å². The first-order valence-electron chi connectivity index (χ1n) is 9.82. The Morgan fingerprint density at radius 2 is 1.64 bits per heavy atom. The molecule has 1 aliphatic heterocycles. The van der Waals surface area contributed by atoms with Crippen molar-refractivity contribution >= 4 is 0 Å². The number of hydrogen-bond donors (Lipinski definition) is 0. The zero-order chi connectivity index (χ0) is 18.6. The van der Waals surface area contributed by atoms with Gasteiger partial charge < -0.3 is 21.9 Å². The molecule has 0 saturated carbocycles. The van der Waals surface area contributed by atoms with Gasteiger partial charge in [0.2, 0.25) is 0 Å². The number of hydrogen-bond acceptors (Lipinski definition) is 2. The molecule has 1 aromatic heterocycles. The minimum Gasteiger partial charge on any atom is -1.00 e. The van der Waals surface area contributed by atoms with Crippen molar-refractivity contribution in [2.45, 2.75) is 39.2 Å². The van der Waals surface area contributed by atoms with Gasteiger partial charge in [0, 0.05) is 12.0 Å². The molecule has 0 radical (unpaired) electrons. The number of imidazole rings is 1. The average molecular weight is 399 g/mol. The van der Waals surface area contributed by atoms with Gasteiger partial charge in [0.05, 0.1) is 20.3 Å². The van der Waals surface area contributed by atoms with E-state index in [9.17, 15) is 0 Å². The lowest BCUT2D eigenvalue weighted by Gasteiger charge is -2.08. The molecule has 3 aromatic rings. The van der Waals surface area contributed by atoms with Crippen molar-refractivity contribution in [2.24, 2.45) is 0 Å². The number of nitrogens with zero attached hydrogens (tertiary/aromatic N) is 2. The van der Waals surface area contributed by atoms with E-state index in [1.807, 2.05) is 19.1 Å². The maximum Gasteiger partial charge on any atom is 0.262 e. The van der Waals surface area contributed by atoms with Crippen LogP contribution in [0.5, 0.6) is 11.5 Å². The molecule has 2 heterocycles. The van der Waals surface area contributed by atoms with Crippen molar-refractivity contribution in [1.82, 2.24) is 4.57 Å². The Morgan fingerprint density at radius 3 is 2.32 bits per heavy atom. The highest BCUT2D eigenvalue weighted by atomic mass is 35.5. The average Bonchev–Trinajstić information content (AvgIpc) is 2.91. The maximum absolute atomic E-state index is 5.62. The van der Waals surface area contributed by atoms with Gasteiger partial charge in [-0.25, -0.2) is 4.57 Å². The summed E-state index contributed by atoms with van der Waals surface area (Å²) in [6.45, 7) is 3.78. The Labute approximate surface area is 173 Å². The highest BCUT2D eigenvalue weighted by Crippen LogP contribution is 2.28. The van der Waals surface area contributed by atoms with Crippen molar-refractivity contribution in [3.63, 3.8) is 0 Å². The Balaban J connectivity index is 0.00000225. The molecular weight excluding hydrogens is 372 g/mol. The SMILES string of the molecule is CCOc1ccc(-n2c(-c3ccc(OC)cc3)c[n+]3c2CCCCC3)cc1.[Cl-]. The van der Waals surface area contributed by atoms with Gasteiger partial charge in [0.15, 0.2) is 5.69 Å². The van der Waals surface area contributed by atoms with Crippen molar-refractivity contribution < 1.29 is 26.4 Å². The molecule has 0 aliphatic carbocycles. The summed E-state index contributed by atoms with van der Waals surface area (Å²) in [5, 5.41) is 0. The molecule has 0 N–H and O–H groups in total. The molecule has 2 aromatic carbocycles. The summed E-state index contributed by atoms with van der Waals surface area (Å²) in [6, 6.07) is 16.8. The van der Waals surface area contributed by atoms with E-state index in [1.165, 1.54) is 42.0 Å². The predicted octanol–water partition coefficient (Wildman–Crippen LogP) is 1.57. The molecule has 0 fully saturated rings. The molecule has 1 aliphatic rings. The van der Waals surface area contributed by atoms with Crippen LogP contribution in [0.3, 0.4) is 0 Å². The first kappa shape index (κ1) is 20.3. The quantitative estimate of drug-likeness (QED) is 0.610. The van der Waals surface area contributed by atoms with Crippen molar-refractivity contribution in [3.05, 3.63) is 60.6 Å². The largest absolute Gasteiger partial charge is 1.00 e. The minimum atomic E-state index is 0. The van der Waals surface area contributed by atoms with E-state index in [0.717, 1.165) is 24.5 Å². The van der Waals surface area contributed by atoms with Crippen LogP contribution in [-0.2, 0) is 13.0 Å². The molecule has 5 heteroatoms. The highest BCUT2D eigenvalue weighted by Gasteiger charge is 2.27. The molecule has 0 unspecified atom stereocenters. The van der Waals surface area contributed by atoms with Crippen LogP contribution >= 0.6 is 0 Å². The third-order valence-electron chi connectivity index (χ3n) is 5.20. The molecule has 0 amide bonds. The number of ether oxygens (including phenoxy) is 2. The van der Waals surface area contributed by atoms with E-state index in [1.54, 1.807) is 7.11 Å². The fourth-order valence-corrected chi connectivity index (χ4v) is 3.85. The van der Waals surface area contributed by atoms with Gasteiger partial charge >= 0.3 is 0 Å². The fraction of sp³-hybridized carbons (Fsp3) is 0.348. The van der Waals surface area contributed by atoms with Crippen LogP contribution in [-0.4, -0.2) is 18.3 Å². The van der Waals surface area contributed by atoms with E-state index >= 15 is 0 Å². The normalized spacial score (nSPS) is 13.2. The molecule has 0 spiro atoms. The zero-order valence-electron chi connectivity index (χ0n) is 16.5. The Bertz CT molecular complexity index is 902. The molecule has 148 valence electrons. The number of rotatable bonds is 5. The van der Waals surface area contributed by atoms with Crippen LogP contribution in [0.4, 0.5) is 0 Å². The monoisotopic (exact) mass is 398 g/mol. The molecule has 28 heavy (non-hydrogen) atoms. The summed E-state index contributed by atoms with van der Waals surface area (Å²) >= 11 is 0. The standard InChI is InChI=1S/C23H27N2O2.ClH/c1-3-27-21-14-10-19(11-15-21)25-22(18-8-12-20(26-2)13-9-18)17-24-16-6-4-5-7-23(24)25;/h8-15,17H,3-7,16H2,1-2H3;1H/q+1;/p-1. The molecule has 0 saturated heterocycles. The Hall–Kier alpha value is -2.46. The number of methoxy groups -OCH3 is 1. The van der Waals surface area contributed by atoms with Gasteiger partial charge in [0.1, 0.15) is 23.4 Å². The van der Waals surface area contributed by atoms with Crippen molar-refractivity contribution in [1.29, 1.82) is 0 Å². The van der Waals surface area contributed by atoms with Gasteiger partial charge in [-0.3, -0.25) is 0 Å². The third-order valence-corrected chi connectivity index (χ3v) is 5.20. The van der Waals surface area contributed by atoms with Crippen LogP contribution in [0.15, 0.2) is 54.7 Å². The van der Waals surface area contributed by atoms with E-state index in [-0.39, 0.29) is 12.4 Å². The fourth-order valence-electron chi connectivity index (χ4n) is 3.85. The van der Waals surface area contributed by atoms with Crippen LogP contribution in [0.25, 0.3) is 16.9 Å². The smallest absolute Gasteiger partial charge is 0.262 e. The number of fused-ring (bicyclic) bond motifs is 1. The Kier molecular flexibility index (Phi) is 6.63. The second-order valence-corrected chi connectivity index (χ2v) is 6.93. The number of benzene rings is 2. The van der Waals surface area contributed by atoms with E-state index in [4.69, 9.17) is 9.47 Å². The number of aromatic nitrogens is 2. The third kappa shape index (κ3) is 4.02. The first-order chi connectivity index (χ1) is 13.3. The topological polar surface area (TPSA) is 27.3 Å². The molecular formula is C23H27ClN2O2. The lowest BCUT2D eigenvalue weighted by Crippen LogP contribution is -3.00. The van der Waals surface area contributed by atoms with Gasteiger partial charge in [0.25, 0.3) is 5.82 Å². The van der Waals surface area contributed by atoms with Gasteiger partial charge in [-0.15, -0.1) is 0 Å². The van der Waals surface area contributed by atoms with Crippen LogP contribution in [0, 0.1) is 0 Å².